The van der Waals surface area contributed by atoms with Gasteiger partial charge < -0.3 is 10.1 Å². The van der Waals surface area contributed by atoms with E-state index in [2.05, 4.69) is 5.32 Å². The van der Waals surface area contributed by atoms with Crippen LogP contribution >= 0.6 is 0 Å². The minimum Gasteiger partial charge on any atom is -0.497 e. The van der Waals surface area contributed by atoms with E-state index in [9.17, 15) is 8.78 Å². The molecule has 1 N–H and O–H groups in total. The van der Waals surface area contributed by atoms with Gasteiger partial charge in [0, 0.05) is 0 Å². The maximum absolute atomic E-state index is 13.6. The molecule has 1 unspecified atom stereocenters. The summed E-state index contributed by atoms with van der Waals surface area (Å²) in [6.07, 6.45) is 4.38. The van der Waals surface area contributed by atoms with E-state index >= 15 is 0 Å². The molecule has 98 valence electrons. The van der Waals surface area contributed by atoms with Gasteiger partial charge in [0.05, 0.1) is 12.6 Å². The molecule has 4 heteroatoms. The average Bonchev–Trinajstić information content (AvgIpc) is 2.41. The Balaban J connectivity index is 2.15. The SMILES string of the molecule is CNC(Cc1cccc(F)c1F)C1=CCCCO1. The third-order valence-corrected chi connectivity index (χ3v) is 3.11. The fraction of sp³-hybridized carbons (Fsp3) is 0.429. The summed E-state index contributed by atoms with van der Waals surface area (Å²) in [5, 5.41) is 3.08. The van der Waals surface area contributed by atoms with Gasteiger partial charge in [-0.3, -0.25) is 0 Å². The normalized spacial score (nSPS) is 16.9. The molecule has 0 spiro atoms. The van der Waals surface area contributed by atoms with E-state index in [1.807, 2.05) is 6.08 Å². The molecule has 0 saturated heterocycles. The zero-order valence-corrected chi connectivity index (χ0v) is 10.4. The Morgan fingerprint density at radius 3 is 2.89 bits per heavy atom. The molecule has 1 aromatic carbocycles. The minimum atomic E-state index is -0.805. The van der Waals surface area contributed by atoms with Crippen LogP contribution in [0, 0.1) is 11.6 Å². The average molecular weight is 253 g/mol. The molecule has 0 aromatic heterocycles. The second-order valence-corrected chi connectivity index (χ2v) is 4.36. The summed E-state index contributed by atoms with van der Waals surface area (Å²) < 4.78 is 32.3. The van der Waals surface area contributed by atoms with Crippen LogP contribution in [0.4, 0.5) is 8.78 Å². The van der Waals surface area contributed by atoms with Crippen LogP contribution in [-0.4, -0.2) is 19.7 Å². The standard InChI is InChI=1S/C14H17F2NO/c1-17-12(13-7-2-3-8-18-13)9-10-5-4-6-11(15)14(10)16/h4-7,12,17H,2-3,8-9H2,1H3. The Morgan fingerprint density at radius 2 is 2.22 bits per heavy atom. The highest BCUT2D eigenvalue weighted by Crippen LogP contribution is 2.19. The third-order valence-electron chi connectivity index (χ3n) is 3.11. The van der Waals surface area contributed by atoms with Gasteiger partial charge in [-0.2, -0.15) is 0 Å². The zero-order chi connectivity index (χ0) is 13.0. The summed E-state index contributed by atoms with van der Waals surface area (Å²) in [5.74, 6) is -0.748. The van der Waals surface area contributed by atoms with Gasteiger partial charge in [-0.1, -0.05) is 12.1 Å². The molecule has 1 aromatic rings. The molecule has 0 amide bonds. The Hall–Kier alpha value is -1.42. The number of benzene rings is 1. The fourth-order valence-corrected chi connectivity index (χ4v) is 2.09. The Bertz CT molecular complexity index is 445. The lowest BCUT2D eigenvalue weighted by Gasteiger charge is -2.23. The van der Waals surface area contributed by atoms with Gasteiger partial charge >= 0.3 is 0 Å². The number of halogens is 2. The molecule has 0 saturated carbocycles. The molecular weight excluding hydrogens is 236 g/mol. The number of likely N-dealkylation sites (N-methyl/N-ethyl adjacent to an activating group) is 1. The molecule has 2 rings (SSSR count). The zero-order valence-electron chi connectivity index (χ0n) is 10.4. The first-order valence-corrected chi connectivity index (χ1v) is 6.15. The van der Waals surface area contributed by atoms with Gasteiger partial charge in [-0.05, 0) is 44.0 Å². The van der Waals surface area contributed by atoms with Crippen LogP contribution in [0.2, 0.25) is 0 Å². The Labute approximate surface area is 106 Å². The summed E-state index contributed by atoms with van der Waals surface area (Å²) in [6.45, 7) is 0.690. The van der Waals surface area contributed by atoms with Crippen molar-refractivity contribution < 1.29 is 13.5 Å². The molecule has 0 radical (unpaired) electrons. The van der Waals surface area contributed by atoms with E-state index < -0.39 is 11.6 Å². The van der Waals surface area contributed by atoms with E-state index in [0.717, 1.165) is 24.7 Å². The maximum atomic E-state index is 13.6. The number of hydrogen-bond donors (Lipinski definition) is 1. The first-order chi connectivity index (χ1) is 8.72. The minimum absolute atomic E-state index is 0.110. The first kappa shape index (κ1) is 13.0. The lowest BCUT2D eigenvalue weighted by atomic mass is 10.0. The van der Waals surface area contributed by atoms with Crippen LogP contribution in [-0.2, 0) is 11.2 Å². The third kappa shape index (κ3) is 2.88. The first-order valence-electron chi connectivity index (χ1n) is 6.15. The topological polar surface area (TPSA) is 21.3 Å². The van der Waals surface area contributed by atoms with Gasteiger partial charge in [-0.25, -0.2) is 8.78 Å². The van der Waals surface area contributed by atoms with E-state index in [1.54, 1.807) is 13.1 Å². The van der Waals surface area contributed by atoms with Gasteiger partial charge in [0.1, 0.15) is 5.76 Å². The molecule has 1 atom stereocenters. The number of ether oxygens (including phenoxy) is 1. The molecule has 1 heterocycles. The van der Waals surface area contributed by atoms with Crippen molar-refractivity contribution in [2.45, 2.75) is 25.3 Å². The molecule has 0 fully saturated rings. The van der Waals surface area contributed by atoms with E-state index in [1.165, 1.54) is 6.07 Å². The van der Waals surface area contributed by atoms with Crippen molar-refractivity contribution in [3.05, 3.63) is 47.2 Å². The predicted octanol–water partition coefficient (Wildman–Crippen LogP) is 2.79. The molecule has 18 heavy (non-hydrogen) atoms. The quantitative estimate of drug-likeness (QED) is 0.891. The van der Waals surface area contributed by atoms with Gasteiger partial charge in [0.15, 0.2) is 11.6 Å². The van der Waals surface area contributed by atoms with Crippen LogP contribution in [0.5, 0.6) is 0 Å². The lowest BCUT2D eigenvalue weighted by molar-refractivity contribution is 0.169. The molecule has 0 aliphatic carbocycles. The molecule has 2 nitrogen and oxygen atoms in total. The van der Waals surface area contributed by atoms with Crippen molar-refractivity contribution in [1.82, 2.24) is 5.32 Å². The van der Waals surface area contributed by atoms with Crippen molar-refractivity contribution in [2.75, 3.05) is 13.7 Å². The fourth-order valence-electron chi connectivity index (χ4n) is 2.09. The van der Waals surface area contributed by atoms with Crippen LogP contribution < -0.4 is 5.32 Å². The van der Waals surface area contributed by atoms with Crippen LogP contribution in [0.15, 0.2) is 30.0 Å². The Morgan fingerprint density at radius 1 is 1.39 bits per heavy atom. The van der Waals surface area contributed by atoms with Crippen LogP contribution in [0.25, 0.3) is 0 Å². The summed E-state index contributed by atoms with van der Waals surface area (Å²) in [4.78, 5) is 0. The molecule has 1 aliphatic rings. The van der Waals surface area contributed by atoms with Crippen LogP contribution in [0.1, 0.15) is 18.4 Å². The summed E-state index contributed by atoms with van der Waals surface area (Å²) >= 11 is 0. The summed E-state index contributed by atoms with van der Waals surface area (Å²) in [7, 11) is 1.79. The predicted molar refractivity (Wildman–Crippen MR) is 66.2 cm³/mol. The molecule has 0 bridgehead atoms. The second-order valence-electron chi connectivity index (χ2n) is 4.36. The van der Waals surface area contributed by atoms with E-state index in [-0.39, 0.29) is 6.04 Å². The van der Waals surface area contributed by atoms with Crippen molar-refractivity contribution >= 4 is 0 Å². The largest absolute Gasteiger partial charge is 0.497 e. The van der Waals surface area contributed by atoms with Gasteiger partial charge in [-0.15, -0.1) is 0 Å². The summed E-state index contributed by atoms with van der Waals surface area (Å²) in [5.41, 5.74) is 0.365. The monoisotopic (exact) mass is 253 g/mol. The van der Waals surface area contributed by atoms with Crippen molar-refractivity contribution in [3.63, 3.8) is 0 Å². The number of nitrogens with one attached hydrogen (secondary N) is 1. The highest BCUT2D eigenvalue weighted by Gasteiger charge is 2.19. The number of rotatable bonds is 4. The highest BCUT2D eigenvalue weighted by atomic mass is 19.2. The molecule has 1 aliphatic heterocycles. The van der Waals surface area contributed by atoms with E-state index in [0.29, 0.717) is 18.6 Å². The van der Waals surface area contributed by atoms with Crippen molar-refractivity contribution in [1.29, 1.82) is 0 Å². The van der Waals surface area contributed by atoms with Crippen molar-refractivity contribution in [2.24, 2.45) is 0 Å². The Kier molecular flexibility index (Phi) is 4.31. The maximum Gasteiger partial charge on any atom is 0.162 e. The summed E-state index contributed by atoms with van der Waals surface area (Å²) in [6, 6.07) is 4.15. The smallest absolute Gasteiger partial charge is 0.162 e. The lowest BCUT2D eigenvalue weighted by Crippen LogP contribution is -2.32. The van der Waals surface area contributed by atoms with Crippen molar-refractivity contribution in [3.8, 4) is 0 Å². The van der Waals surface area contributed by atoms with Gasteiger partial charge in [0.2, 0.25) is 0 Å². The highest BCUT2D eigenvalue weighted by molar-refractivity contribution is 5.22. The molecular formula is C14H17F2NO. The van der Waals surface area contributed by atoms with Crippen LogP contribution in [0.3, 0.4) is 0 Å². The van der Waals surface area contributed by atoms with E-state index in [4.69, 9.17) is 4.74 Å². The second kappa shape index (κ2) is 5.96. The number of hydrogen-bond acceptors (Lipinski definition) is 2. The van der Waals surface area contributed by atoms with Gasteiger partial charge in [0.25, 0.3) is 0 Å². The number of allylic oxidation sites excluding steroid dienone is 1.